The highest BCUT2D eigenvalue weighted by atomic mass is 32.2. The number of carbonyl (C=O) groups excluding carboxylic acids is 1. The number of amides is 1. The van der Waals surface area contributed by atoms with Gasteiger partial charge in [0, 0.05) is 6.20 Å². The summed E-state index contributed by atoms with van der Waals surface area (Å²) < 4.78 is 23.3. The van der Waals surface area contributed by atoms with Crippen LogP contribution in [-0.2, 0) is 20.3 Å². The Hall–Kier alpha value is -0.530. The van der Waals surface area contributed by atoms with Gasteiger partial charge in [-0.2, -0.15) is 4.21 Å². The van der Waals surface area contributed by atoms with Crippen LogP contribution in [0.3, 0.4) is 0 Å². The SMILES string of the molecule is O=C1CC2SCC(OS(=O)O)=CN12. The van der Waals surface area contributed by atoms with Crippen molar-refractivity contribution >= 4 is 29.0 Å². The summed E-state index contributed by atoms with van der Waals surface area (Å²) in [6, 6.07) is 0. The second-order valence-electron chi connectivity index (χ2n) is 2.67. The highest BCUT2D eigenvalue weighted by molar-refractivity contribution is 8.00. The van der Waals surface area contributed by atoms with Crippen LogP contribution >= 0.6 is 11.8 Å². The van der Waals surface area contributed by atoms with Gasteiger partial charge in [0.25, 0.3) is 0 Å². The van der Waals surface area contributed by atoms with Gasteiger partial charge in [-0.1, -0.05) is 0 Å². The molecule has 7 heteroatoms. The van der Waals surface area contributed by atoms with Gasteiger partial charge >= 0.3 is 11.4 Å². The van der Waals surface area contributed by atoms with Gasteiger partial charge < -0.3 is 9.08 Å². The summed E-state index contributed by atoms with van der Waals surface area (Å²) in [5.74, 6) is 0.943. The summed E-state index contributed by atoms with van der Waals surface area (Å²) in [7, 11) is 0. The topological polar surface area (TPSA) is 66.8 Å². The minimum absolute atomic E-state index is 0.0297. The van der Waals surface area contributed by atoms with Crippen molar-refractivity contribution < 1.29 is 17.7 Å². The Morgan fingerprint density at radius 3 is 3.15 bits per heavy atom. The molecule has 2 rings (SSSR count). The lowest BCUT2D eigenvalue weighted by Crippen LogP contribution is -2.49. The van der Waals surface area contributed by atoms with Crippen molar-refractivity contribution in [2.75, 3.05) is 5.75 Å². The predicted octanol–water partition coefficient (Wildman–Crippen LogP) is 0.286. The zero-order valence-electron chi connectivity index (χ0n) is 6.50. The van der Waals surface area contributed by atoms with Crippen molar-refractivity contribution in [3.8, 4) is 0 Å². The fraction of sp³-hybridized carbons (Fsp3) is 0.500. The van der Waals surface area contributed by atoms with Crippen LogP contribution in [0.4, 0.5) is 0 Å². The molecular formula is C6H7NO4S2. The lowest BCUT2D eigenvalue weighted by Gasteiger charge is -2.40. The van der Waals surface area contributed by atoms with E-state index in [-0.39, 0.29) is 11.3 Å². The quantitative estimate of drug-likeness (QED) is 0.536. The van der Waals surface area contributed by atoms with E-state index in [1.807, 2.05) is 0 Å². The van der Waals surface area contributed by atoms with Crippen LogP contribution in [0.25, 0.3) is 0 Å². The standard InChI is InChI=1S/C6H7NO4S2/c8-5-1-6-7(5)2-4(3-12-6)11-13(9)10/h2,6H,1,3H2,(H,9,10). The molecule has 0 bridgehead atoms. The van der Waals surface area contributed by atoms with E-state index in [2.05, 4.69) is 4.18 Å². The Morgan fingerprint density at radius 2 is 2.54 bits per heavy atom. The van der Waals surface area contributed by atoms with Gasteiger partial charge in [0.1, 0.15) is 5.76 Å². The molecule has 0 spiro atoms. The molecule has 5 nitrogen and oxygen atoms in total. The van der Waals surface area contributed by atoms with E-state index in [9.17, 15) is 9.00 Å². The number of hydrogen-bond acceptors (Lipinski definition) is 4. The highest BCUT2D eigenvalue weighted by Crippen LogP contribution is 2.35. The predicted molar refractivity (Wildman–Crippen MR) is 47.6 cm³/mol. The maximum absolute atomic E-state index is 11.0. The minimum atomic E-state index is -2.30. The van der Waals surface area contributed by atoms with Gasteiger partial charge in [-0.3, -0.25) is 9.35 Å². The molecule has 2 heterocycles. The maximum atomic E-state index is 11.0. The number of nitrogens with zero attached hydrogens (tertiary/aromatic N) is 1. The third kappa shape index (κ3) is 1.72. The summed E-state index contributed by atoms with van der Waals surface area (Å²) in [6.45, 7) is 0. The fourth-order valence-corrected chi connectivity index (χ4v) is 2.65. The summed E-state index contributed by atoms with van der Waals surface area (Å²) in [5, 5.41) is 0.201. The van der Waals surface area contributed by atoms with Crippen LogP contribution in [0.15, 0.2) is 12.0 Å². The Balaban J connectivity index is 2.05. The summed E-state index contributed by atoms with van der Waals surface area (Å²) in [4.78, 5) is 12.5. The number of β-lactam (4-membered cyclic amide) rings is 1. The third-order valence-electron chi connectivity index (χ3n) is 1.83. The van der Waals surface area contributed by atoms with Crippen molar-refractivity contribution in [3.63, 3.8) is 0 Å². The fourth-order valence-electron chi connectivity index (χ4n) is 1.20. The number of fused-ring (bicyclic) bond motifs is 1. The molecule has 1 N–H and O–H groups in total. The summed E-state index contributed by atoms with van der Waals surface area (Å²) >= 11 is -0.763. The molecule has 13 heavy (non-hydrogen) atoms. The molecular weight excluding hydrogens is 214 g/mol. The lowest BCUT2D eigenvalue weighted by molar-refractivity contribution is -0.137. The Labute approximate surface area is 81.6 Å². The summed E-state index contributed by atoms with van der Waals surface area (Å²) in [6.07, 6.45) is 2.05. The molecule has 0 aromatic heterocycles. The number of hydrogen-bond donors (Lipinski definition) is 1. The highest BCUT2D eigenvalue weighted by Gasteiger charge is 2.38. The van der Waals surface area contributed by atoms with Gasteiger partial charge in [-0.15, -0.1) is 11.8 Å². The smallest absolute Gasteiger partial charge is 0.357 e. The van der Waals surface area contributed by atoms with Gasteiger partial charge in [0.05, 0.1) is 17.5 Å². The first-order chi connectivity index (χ1) is 6.16. The molecule has 2 aliphatic rings. The van der Waals surface area contributed by atoms with Crippen LogP contribution in [0.1, 0.15) is 6.42 Å². The molecule has 0 saturated carbocycles. The first kappa shape index (κ1) is 9.04. The molecule has 1 amide bonds. The van der Waals surface area contributed by atoms with Crippen molar-refractivity contribution in [2.45, 2.75) is 11.8 Å². The molecule has 0 radical (unpaired) electrons. The number of carbonyl (C=O) groups is 1. The zero-order valence-corrected chi connectivity index (χ0v) is 8.14. The van der Waals surface area contributed by atoms with E-state index < -0.39 is 11.4 Å². The van der Waals surface area contributed by atoms with Crippen molar-refractivity contribution in [2.24, 2.45) is 0 Å². The zero-order chi connectivity index (χ0) is 9.42. The molecule has 2 unspecified atom stereocenters. The van der Waals surface area contributed by atoms with E-state index in [4.69, 9.17) is 4.55 Å². The molecule has 1 fully saturated rings. The Morgan fingerprint density at radius 1 is 1.77 bits per heavy atom. The molecule has 0 aliphatic carbocycles. The average molecular weight is 221 g/mol. The second kappa shape index (κ2) is 3.32. The van der Waals surface area contributed by atoms with Crippen molar-refractivity contribution in [1.82, 2.24) is 4.90 Å². The lowest BCUT2D eigenvalue weighted by atomic mass is 10.2. The summed E-state index contributed by atoms with van der Waals surface area (Å²) in [5.41, 5.74) is 0. The van der Waals surface area contributed by atoms with Crippen LogP contribution < -0.4 is 0 Å². The minimum Gasteiger partial charge on any atom is -0.382 e. The van der Waals surface area contributed by atoms with Gasteiger partial charge in [0.15, 0.2) is 0 Å². The van der Waals surface area contributed by atoms with Crippen LogP contribution in [0.5, 0.6) is 0 Å². The number of thioether (sulfide) groups is 1. The van der Waals surface area contributed by atoms with Gasteiger partial charge in [0.2, 0.25) is 5.91 Å². The van der Waals surface area contributed by atoms with Gasteiger partial charge in [-0.05, 0) is 0 Å². The maximum Gasteiger partial charge on any atom is 0.357 e. The van der Waals surface area contributed by atoms with E-state index in [1.54, 1.807) is 0 Å². The molecule has 1 saturated heterocycles. The normalized spacial score (nSPS) is 28.7. The Bertz CT molecular complexity index is 303. The van der Waals surface area contributed by atoms with Crippen molar-refractivity contribution in [3.05, 3.63) is 12.0 Å². The monoisotopic (exact) mass is 221 g/mol. The first-order valence-corrected chi connectivity index (χ1v) is 5.67. The van der Waals surface area contributed by atoms with Crippen LogP contribution in [-0.4, -0.2) is 30.7 Å². The Kier molecular flexibility index (Phi) is 2.31. The van der Waals surface area contributed by atoms with Crippen LogP contribution in [0.2, 0.25) is 0 Å². The van der Waals surface area contributed by atoms with Crippen LogP contribution in [0, 0.1) is 0 Å². The third-order valence-corrected chi connectivity index (χ3v) is 3.41. The van der Waals surface area contributed by atoms with E-state index in [0.29, 0.717) is 17.9 Å². The average Bonchev–Trinajstić information content (AvgIpc) is 2.05. The molecule has 0 aromatic carbocycles. The molecule has 2 atom stereocenters. The molecule has 0 aromatic rings. The second-order valence-corrected chi connectivity index (χ2v) is 4.43. The molecule has 2 aliphatic heterocycles. The number of rotatable bonds is 2. The molecule has 72 valence electrons. The van der Waals surface area contributed by atoms with Gasteiger partial charge in [-0.25, -0.2) is 0 Å². The van der Waals surface area contributed by atoms with Crippen molar-refractivity contribution in [1.29, 1.82) is 0 Å². The van der Waals surface area contributed by atoms with E-state index >= 15 is 0 Å². The van der Waals surface area contributed by atoms with E-state index in [0.717, 1.165) is 0 Å². The van der Waals surface area contributed by atoms with E-state index in [1.165, 1.54) is 22.9 Å². The largest absolute Gasteiger partial charge is 0.382 e. The first-order valence-electron chi connectivity index (χ1n) is 3.59.